The van der Waals surface area contributed by atoms with Gasteiger partial charge in [0.15, 0.2) is 0 Å². The highest BCUT2D eigenvalue weighted by molar-refractivity contribution is 7.21. The first-order chi connectivity index (χ1) is 15.4. The van der Waals surface area contributed by atoms with Gasteiger partial charge in [-0.15, -0.1) is 11.3 Å². The molecule has 3 aromatic rings. The van der Waals surface area contributed by atoms with Gasteiger partial charge in [0.05, 0.1) is 34.7 Å². The fourth-order valence-corrected chi connectivity index (χ4v) is 5.39. The predicted octanol–water partition coefficient (Wildman–Crippen LogP) is 5.14. The lowest BCUT2D eigenvalue weighted by molar-refractivity contribution is 0.0943. The highest BCUT2D eigenvalue weighted by atomic mass is 32.1. The molecule has 3 amide bonds. The molecule has 0 atom stereocenters. The summed E-state index contributed by atoms with van der Waals surface area (Å²) in [7, 11) is 0. The quantitative estimate of drug-likeness (QED) is 0.560. The highest BCUT2D eigenvalue weighted by Crippen LogP contribution is 2.46. The highest BCUT2D eigenvalue weighted by Gasteiger charge is 2.34. The van der Waals surface area contributed by atoms with E-state index < -0.39 is 0 Å². The number of aromatic nitrogens is 2. The van der Waals surface area contributed by atoms with Gasteiger partial charge in [0.1, 0.15) is 9.71 Å². The molecule has 1 fully saturated rings. The third-order valence-corrected chi connectivity index (χ3v) is 6.89. The molecule has 8 nitrogen and oxygen atoms in total. The van der Waals surface area contributed by atoms with Crippen molar-refractivity contribution in [2.75, 3.05) is 10.2 Å². The van der Waals surface area contributed by atoms with Crippen LogP contribution in [0.25, 0.3) is 10.2 Å². The average molecular weight is 452 g/mol. The van der Waals surface area contributed by atoms with Gasteiger partial charge < -0.3 is 15.4 Å². The number of hydrogen-bond acceptors (Lipinski definition) is 6. The summed E-state index contributed by atoms with van der Waals surface area (Å²) in [5.41, 5.74) is 2.73. The summed E-state index contributed by atoms with van der Waals surface area (Å²) in [6.45, 7) is 5.80. The standard InChI is InChI=1S/C23H25N5O3S/c1-12(2)31-17-10-13(3)16(11-25-17)28-15-8-9-24-22-18(15)19(27-23(28)30)20(32-22)21(29)26-14-6-4-5-7-14/h8-12,14H,4-7H2,1-3H3,(H,26,29)(H,27,30). The number of carbonyl (C=O) groups is 2. The average Bonchev–Trinajstić information content (AvgIpc) is 3.37. The molecule has 4 heterocycles. The summed E-state index contributed by atoms with van der Waals surface area (Å²) in [6, 6.07) is 3.49. The molecule has 0 saturated heterocycles. The molecule has 2 aliphatic rings. The van der Waals surface area contributed by atoms with Crippen molar-refractivity contribution in [2.45, 2.75) is 58.6 Å². The molecule has 1 aliphatic heterocycles. The van der Waals surface area contributed by atoms with E-state index in [1.807, 2.05) is 26.8 Å². The van der Waals surface area contributed by atoms with E-state index >= 15 is 0 Å². The first kappa shape index (κ1) is 20.7. The van der Waals surface area contributed by atoms with Gasteiger partial charge in [-0.25, -0.2) is 14.8 Å². The number of hydrogen-bond donors (Lipinski definition) is 2. The van der Waals surface area contributed by atoms with Crippen LogP contribution >= 0.6 is 11.3 Å². The van der Waals surface area contributed by atoms with Gasteiger partial charge >= 0.3 is 6.03 Å². The Morgan fingerprint density at radius 1 is 1.28 bits per heavy atom. The summed E-state index contributed by atoms with van der Waals surface area (Å²) in [4.78, 5) is 37.9. The molecule has 166 valence electrons. The minimum Gasteiger partial charge on any atom is -0.475 e. The first-order valence-corrected chi connectivity index (χ1v) is 11.7. The molecule has 9 heteroatoms. The van der Waals surface area contributed by atoms with Crippen LogP contribution in [-0.4, -0.2) is 34.1 Å². The predicted molar refractivity (Wildman–Crippen MR) is 125 cm³/mol. The molecule has 32 heavy (non-hydrogen) atoms. The van der Waals surface area contributed by atoms with Crippen LogP contribution in [0.2, 0.25) is 0 Å². The molecule has 1 aliphatic carbocycles. The third-order valence-electron chi connectivity index (χ3n) is 5.80. The van der Waals surface area contributed by atoms with Crippen LogP contribution in [0, 0.1) is 6.92 Å². The van der Waals surface area contributed by atoms with Crippen LogP contribution in [0.3, 0.4) is 0 Å². The minimum atomic E-state index is -0.333. The second-order valence-corrected chi connectivity index (χ2v) is 9.51. The Bertz CT molecular complexity index is 1220. The number of urea groups is 1. The Morgan fingerprint density at radius 2 is 2.06 bits per heavy atom. The number of nitrogens with zero attached hydrogens (tertiary/aromatic N) is 3. The molecule has 0 unspecified atom stereocenters. The number of thiophene rings is 1. The fraction of sp³-hybridized carbons (Fsp3) is 0.391. The van der Waals surface area contributed by atoms with E-state index in [0.717, 1.165) is 36.6 Å². The van der Waals surface area contributed by atoms with Crippen molar-refractivity contribution in [3.8, 4) is 5.88 Å². The summed E-state index contributed by atoms with van der Waals surface area (Å²) >= 11 is 1.31. The summed E-state index contributed by atoms with van der Waals surface area (Å²) in [5.74, 6) is 0.364. The number of amides is 3. The van der Waals surface area contributed by atoms with E-state index in [-0.39, 0.29) is 24.1 Å². The second kappa shape index (κ2) is 8.05. The molecule has 0 spiro atoms. The van der Waals surface area contributed by atoms with Gasteiger partial charge in [0.25, 0.3) is 5.91 Å². The Labute approximate surface area is 190 Å². The lowest BCUT2D eigenvalue weighted by Crippen LogP contribution is -2.36. The van der Waals surface area contributed by atoms with Crippen LogP contribution in [0.1, 0.15) is 54.8 Å². The number of ether oxygens (including phenoxy) is 1. The minimum absolute atomic E-state index is 0.00743. The number of carbonyl (C=O) groups excluding carboxylic acids is 2. The zero-order valence-corrected chi connectivity index (χ0v) is 19.1. The van der Waals surface area contributed by atoms with Crippen LogP contribution < -0.4 is 20.3 Å². The summed E-state index contributed by atoms with van der Waals surface area (Å²) in [6.07, 6.45) is 7.58. The van der Waals surface area contributed by atoms with E-state index in [2.05, 4.69) is 20.6 Å². The molecule has 5 rings (SSSR count). The van der Waals surface area contributed by atoms with Gasteiger partial charge in [-0.05, 0) is 45.2 Å². The van der Waals surface area contributed by atoms with Crippen LogP contribution in [0.15, 0.2) is 24.5 Å². The summed E-state index contributed by atoms with van der Waals surface area (Å²) < 4.78 is 5.68. The number of pyridine rings is 2. The Kier molecular flexibility index (Phi) is 5.21. The molecule has 3 aromatic heterocycles. The van der Waals surface area contributed by atoms with Crippen molar-refractivity contribution in [1.29, 1.82) is 0 Å². The van der Waals surface area contributed by atoms with Gasteiger partial charge in [-0.2, -0.15) is 0 Å². The topological polar surface area (TPSA) is 96.5 Å². The maximum Gasteiger partial charge on any atom is 0.331 e. The lowest BCUT2D eigenvalue weighted by Gasteiger charge is -2.29. The van der Waals surface area contributed by atoms with Gasteiger partial charge in [0.2, 0.25) is 5.88 Å². The zero-order valence-electron chi connectivity index (χ0n) is 18.3. The number of anilines is 3. The second-order valence-electron chi connectivity index (χ2n) is 8.51. The van der Waals surface area contributed by atoms with Gasteiger partial charge in [-0.1, -0.05) is 12.8 Å². The number of nitrogens with one attached hydrogen (secondary N) is 2. The van der Waals surface area contributed by atoms with Crippen LogP contribution in [-0.2, 0) is 0 Å². The zero-order chi connectivity index (χ0) is 22.4. The van der Waals surface area contributed by atoms with E-state index in [9.17, 15) is 9.59 Å². The third kappa shape index (κ3) is 3.56. The fourth-order valence-electron chi connectivity index (χ4n) is 4.37. The SMILES string of the molecule is Cc1cc(OC(C)C)ncc1N1C(=O)Nc2c(C(=O)NC3CCCC3)sc3nccc1c23. The van der Waals surface area contributed by atoms with Crippen molar-refractivity contribution < 1.29 is 14.3 Å². The molecule has 1 saturated carbocycles. The van der Waals surface area contributed by atoms with E-state index in [1.54, 1.807) is 23.4 Å². The van der Waals surface area contributed by atoms with Crippen molar-refractivity contribution in [2.24, 2.45) is 0 Å². The maximum absolute atomic E-state index is 13.2. The normalized spacial score (nSPS) is 16.0. The molecule has 0 radical (unpaired) electrons. The lowest BCUT2D eigenvalue weighted by atomic mass is 10.1. The molecule has 2 N–H and O–H groups in total. The first-order valence-electron chi connectivity index (χ1n) is 10.9. The molecular formula is C23H25N5O3S. The molecule has 0 bridgehead atoms. The van der Waals surface area contributed by atoms with Crippen molar-refractivity contribution in [3.05, 3.63) is 35.0 Å². The largest absolute Gasteiger partial charge is 0.475 e. The number of aryl methyl sites for hydroxylation is 1. The van der Waals surface area contributed by atoms with Gasteiger partial charge in [-0.3, -0.25) is 9.69 Å². The Morgan fingerprint density at radius 3 is 2.78 bits per heavy atom. The van der Waals surface area contributed by atoms with E-state index in [0.29, 0.717) is 32.6 Å². The van der Waals surface area contributed by atoms with Crippen LogP contribution in [0.5, 0.6) is 5.88 Å². The number of rotatable bonds is 5. The van der Waals surface area contributed by atoms with Crippen molar-refractivity contribution in [3.63, 3.8) is 0 Å². The van der Waals surface area contributed by atoms with E-state index in [4.69, 9.17) is 4.74 Å². The van der Waals surface area contributed by atoms with Crippen molar-refractivity contribution in [1.82, 2.24) is 15.3 Å². The molecular weight excluding hydrogens is 426 g/mol. The van der Waals surface area contributed by atoms with Crippen molar-refractivity contribution >= 4 is 50.6 Å². The maximum atomic E-state index is 13.2. The monoisotopic (exact) mass is 451 g/mol. The van der Waals surface area contributed by atoms with E-state index in [1.165, 1.54) is 11.3 Å². The van der Waals surface area contributed by atoms with Gasteiger partial charge in [0, 0.05) is 18.3 Å². The Balaban J connectivity index is 1.55. The molecule has 0 aromatic carbocycles. The summed E-state index contributed by atoms with van der Waals surface area (Å²) in [5, 5.41) is 6.83. The smallest absolute Gasteiger partial charge is 0.331 e. The van der Waals surface area contributed by atoms with Crippen LogP contribution in [0.4, 0.5) is 21.9 Å². The Hall–Kier alpha value is -3.20.